The topological polar surface area (TPSA) is 97.4 Å². The second-order valence-corrected chi connectivity index (χ2v) is 9.30. The Balaban J connectivity index is 1.72. The minimum Gasteiger partial charge on any atom is -0.497 e. The molecule has 0 bridgehead atoms. The number of benzene rings is 2. The number of rotatable bonds is 7. The third kappa shape index (κ3) is 4.84. The summed E-state index contributed by atoms with van der Waals surface area (Å²) in [4.78, 5) is 17.3. The first-order valence-corrected chi connectivity index (χ1v) is 11.2. The Labute approximate surface area is 178 Å². The summed E-state index contributed by atoms with van der Waals surface area (Å²) in [7, 11) is -2.61. The highest BCUT2D eigenvalue weighted by Crippen LogP contribution is 2.31. The zero-order valence-electron chi connectivity index (χ0n) is 16.5. The standard InChI is InChI=1S/C20H20FN3O4S2/c1-12(24-30(26,27)17-7-5-4-6-16(17)21)19(25)23-20-22-18(13(2)29-20)14-8-10-15(28-3)11-9-14/h4-12,24H,1-3H3,(H,22,23,25)/t12-/m1/s1. The third-order valence-electron chi connectivity index (χ3n) is 4.24. The highest BCUT2D eigenvalue weighted by molar-refractivity contribution is 7.89. The second-order valence-electron chi connectivity index (χ2n) is 6.41. The molecule has 1 amide bonds. The maximum atomic E-state index is 13.8. The van der Waals surface area contributed by atoms with E-state index in [1.54, 1.807) is 7.11 Å². The Morgan fingerprint density at radius 3 is 2.47 bits per heavy atom. The molecule has 3 rings (SSSR count). The molecule has 1 atom stereocenters. The van der Waals surface area contributed by atoms with Crippen molar-refractivity contribution >= 4 is 32.4 Å². The number of methoxy groups -OCH3 is 1. The van der Waals surface area contributed by atoms with E-state index in [2.05, 4.69) is 15.0 Å². The molecule has 0 aliphatic heterocycles. The van der Waals surface area contributed by atoms with E-state index in [1.807, 2.05) is 31.2 Å². The largest absolute Gasteiger partial charge is 0.497 e. The summed E-state index contributed by atoms with van der Waals surface area (Å²) in [5, 5.41) is 2.94. The van der Waals surface area contributed by atoms with E-state index in [1.165, 1.54) is 30.4 Å². The van der Waals surface area contributed by atoms with Crippen molar-refractivity contribution in [3.05, 3.63) is 59.2 Å². The van der Waals surface area contributed by atoms with Gasteiger partial charge in [-0.25, -0.2) is 17.8 Å². The van der Waals surface area contributed by atoms with Crippen LogP contribution >= 0.6 is 11.3 Å². The van der Waals surface area contributed by atoms with Gasteiger partial charge in [-0.05, 0) is 50.2 Å². The molecule has 0 spiro atoms. The molecule has 0 unspecified atom stereocenters. The van der Waals surface area contributed by atoms with Crippen LogP contribution in [0.5, 0.6) is 5.75 Å². The van der Waals surface area contributed by atoms with E-state index < -0.39 is 32.7 Å². The maximum Gasteiger partial charge on any atom is 0.244 e. The Morgan fingerprint density at radius 1 is 1.17 bits per heavy atom. The van der Waals surface area contributed by atoms with Crippen LogP contribution in [0, 0.1) is 12.7 Å². The van der Waals surface area contributed by atoms with Gasteiger partial charge in [0, 0.05) is 10.4 Å². The normalized spacial score (nSPS) is 12.4. The van der Waals surface area contributed by atoms with Gasteiger partial charge in [0.15, 0.2) is 5.13 Å². The van der Waals surface area contributed by atoms with Gasteiger partial charge >= 0.3 is 0 Å². The van der Waals surface area contributed by atoms with Crippen LogP contribution in [0.1, 0.15) is 11.8 Å². The summed E-state index contributed by atoms with van der Waals surface area (Å²) >= 11 is 1.27. The van der Waals surface area contributed by atoms with Crippen LogP contribution in [-0.4, -0.2) is 32.5 Å². The van der Waals surface area contributed by atoms with E-state index in [-0.39, 0.29) is 0 Å². The van der Waals surface area contributed by atoms with Gasteiger partial charge in [0.25, 0.3) is 0 Å². The highest BCUT2D eigenvalue weighted by Gasteiger charge is 2.25. The number of halogens is 1. The van der Waals surface area contributed by atoms with Crippen molar-refractivity contribution in [3.8, 4) is 17.0 Å². The summed E-state index contributed by atoms with van der Waals surface area (Å²) in [5.41, 5.74) is 1.57. The van der Waals surface area contributed by atoms with Gasteiger partial charge in [-0.15, -0.1) is 11.3 Å². The van der Waals surface area contributed by atoms with E-state index in [0.717, 1.165) is 28.3 Å². The van der Waals surface area contributed by atoms with Crippen LogP contribution in [0.25, 0.3) is 11.3 Å². The molecule has 2 aromatic carbocycles. The predicted molar refractivity (Wildman–Crippen MR) is 114 cm³/mol. The summed E-state index contributed by atoms with van der Waals surface area (Å²) in [6.45, 7) is 3.25. The average molecular weight is 450 g/mol. The van der Waals surface area contributed by atoms with Crippen LogP contribution in [0.2, 0.25) is 0 Å². The van der Waals surface area contributed by atoms with E-state index in [4.69, 9.17) is 4.74 Å². The zero-order chi connectivity index (χ0) is 21.9. The number of thiazole rings is 1. The number of carbonyl (C=O) groups is 1. The predicted octanol–water partition coefficient (Wildman–Crippen LogP) is 3.57. The Bertz CT molecular complexity index is 1160. The molecule has 1 heterocycles. The van der Waals surface area contributed by atoms with Gasteiger partial charge in [0.1, 0.15) is 16.5 Å². The molecule has 0 radical (unpaired) electrons. The third-order valence-corrected chi connectivity index (χ3v) is 6.70. The molecule has 0 aliphatic rings. The number of carbonyl (C=O) groups excluding carboxylic acids is 1. The fourth-order valence-corrected chi connectivity index (χ4v) is 4.81. The van der Waals surface area contributed by atoms with Crippen molar-refractivity contribution in [2.75, 3.05) is 12.4 Å². The summed E-state index contributed by atoms with van der Waals surface area (Å²) < 4.78 is 45.9. The molecule has 30 heavy (non-hydrogen) atoms. The number of aryl methyl sites for hydroxylation is 1. The minimum atomic E-state index is -4.19. The first-order valence-electron chi connectivity index (χ1n) is 8.91. The smallest absolute Gasteiger partial charge is 0.244 e. The van der Waals surface area contributed by atoms with Crippen LogP contribution in [-0.2, 0) is 14.8 Å². The number of ether oxygens (including phenoxy) is 1. The van der Waals surface area contributed by atoms with E-state index in [0.29, 0.717) is 10.8 Å². The van der Waals surface area contributed by atoms with Gasteiger partial charge < -0.3 is 10.1 Å². The minimum absolute atomic E-state index is 0.334. The van der Waals surface area contributed by atoms with Gasteiger partial charge in [-0.1, -0.05) is 12.1 Å². The fourth-order valence-electron chi connectivity index (χ4n) is 2.69. The molecule has 0 aliphatic carbocycles. The van der Waals surface area contributed by atoms with E-state index in [9.17, 15) is 17.6 Å². The molecular formula is C20H20FN3O4S2. The lowest BCUT2D eigenvalue weighted by Gasteiger charge is -2.13. The first kappa shape index (κ1) is 21.9. The number of hydrogen-bond donors (Lipinski definition) is 2. The van der Waals surface area contributed by atoms with Gasteiger partial charge in [0.05, 0.1) is 18.8 Å². The Hall–Kier alpha value is -2.82. The van der Waals surface area contributed by atoms with Crippen molar-refractivity contribution in [1.82, 2.24) is 9.71 Å². The molecule has 7 nitrogen and oxygen atoms in total. The number of amides is 1. The highest BCUT2D eigenvalue weighted by atomic mass is 32.2. The number of hydrogen-bond acceptors (Lipinski definition) is 6. The lowest BCUT2D eigenvalue weighted by molar-refractivity contribution is -0.117. The summed E-state index contributed by atoms with van der Waals surface area (Å²) in [6, 6.07) is 11.2. The molecular weight excluding hydrogens is 429 g/mol. The maximum absolute atomic E-state index is 13.8. The summed E-state index contributed by atoms with van der Waals surface area (Å²) in [6.07, 6.45) is 0. The summed E-state index contributed by atoms with van der Waals surface area (Å²) in [5.74, 6) is -0.779. The van der Waals surface area contributed by atoms with Gasteiger partial charge in [0.2, 0.25) is 15.9 Å². The van der Waals surface area contributed by atoms with Crippen molar-refractivity contribution in [1.29, 1.82) is 0 Å². The van der Waals surface area contributed by atoms with Crippen molar-refractivity contribution in [2.45, 2.75) is 24.8 Å². The molecule has 1 aromatic heterocycles. The molecule has 0 fully saturated rings. The van der Waals surface area contributed by atoms with Gasteiger partial charge in [-0.3, -0.25) is 4.79 Å². The molecule has 3 aromatic rings. The number of nitrogens with zero attached hydrogens (tertiary/aromatic N) is 1. The van der Waals surface area contributed by atoms with Crippen molar-refractivity contribution in [2.24, 2.45) is 0 Å². The van der Waals surface area contributed by atoms with Crippen LogP contribution < -0.4 is 14.8 Å². The van der Waals surface area contributed by atoms with Crippen LogP contribution in [0.3, 0.4) is 0 Å². The Morgan fingerprint density at radius 2 is 1.83 bits per heavy atom. The van der Waals surface area contributed by atoms with Gasteiger partial charge in [-0.2, -0.15) is 4.72 Å². The molecule has 158 valence electrons. The zero-order valence-corrected chi connectivity index (χ0v) is 18.1. The number of nitrogens with one attached hydrogen (secondary N) is 2. The molecule has 0 saturated carbocycles. The fraction of sp³-hybridized carbons (Fsp3) is 0.200. The first-order chi connectivity index (χ1) is 14.2. The number of sulfonamides is 1. The lowest BCUT2D eigenvalue weighted by Crippen LogP contribution is -2.41. The van der Waals surface area contributed by atoms with Crippen molar-refractivity contribution < 1.29 is 22.3 Å². The molecule has 2 N–H and O–H groups in total. The number of aromatic nitrogens is 1. The van der Waals surface area contributed by atoms with Crippen LogP contribution in [0.4, 0.5) is 9.52 Å². The SMILES string of the molecule is COc1ccc(-c2nc(NC(=O)[C@@H](C)NS(=O)(=O)c3ccccc3F)sc2C)cc1. The number of anilines is 1. The lowest BCUT2D eigenvalue weighted by atomic mass is 10.1. The van der Waals surface area contributed by atoms with E-state index >= 15 is 0 Å². The quantitative estimate of drug-likeness (QED) is 0.575. The van der Waals surface area contributed by atoms with Crippen LogP contribution in [0.15, 0.2) is 53.4 Å². The molecule has 0 saturated heterocycles. The second kappa shape index (κ2) is 8.90. The van der Waals surface area contributed by atoms with Crippen molar-refractivity contribution in [3.63, 3.8) is 0 Å². The monoisotopic (exact) mass is 449 g/mol. The Kier molecular flexibility index (Phi) is 6.49. The molecule has 10 heteroatoms. The average Bonchev–Trinajstić information content (AvgIpc) is 3.07.